The molecular formula is C38H47N5O6S. The fourth-order valence-corrected chi connectivity index (χ4v) is 7.95. The first-order valence-electron chi connectivity index (χ1n) is 17.4. The van der Waals surface area contributed by atoms with E-state index in [1.807, 2.05) is 24.5 Å². The third-order valence-corrected chi connectivity index (χ3v) is 11.2. The third kappa shape index (κ3) is 9.99. The van der Waals surface area contributed by atoms with E-state index in [1.165, 1.54) is 44.1 Å². The maximum absolute atomic E-state index is 13.0. The van der Waals surface area contributed by atoms with Gasteiger partial charge in [0.15, 0.2) is 5.82 Å². The molecule has 1 aromatic heterocycles. The Balaban J connectivity index is 1.15. The van der Waals surface area contributed by atoms with Gasteiger partial charge < -0.3 is 15.3 Å². The summed E-state index contributed by atoms with van der Waals surface area (Å²) in [4.78, 5) is 47.6. The molecule has 0 bridgehead atoms. The second-order valence-corrected chi connectivity index (χ2v) is 15.4. The maximum atomic E-state index is 13.0. The number of nitrogens with zero attached hydrogens (tertiary/aromatic N) is 4. The van der Waals surface area contributed by atoms with E-state index in [4.69, 9.17) is 0 Å². The number of anilines is 1. The summed E-state index contributed by atoms with van der Waals surface area (Å²) in [7, 11) is -3.78. The van der Waals surface area contributed by atoms with Gasteiger partial charge in [0.2, 0.25) is 21.8 Å². The minimum absolute atomic E-state index is 0.00422. The smallest absolute Gasteiger partial charge is 0.323 e. The van der Waals surface area contributed by atoms with E-state index in [-0.39, 0.29) is 6.54 Å². The van der Waals surface area contributed by atoms with Crippen molar-refractivity contribution in [3.63, 3.8) is 0 Å². The molecule has 0 spiro atoms. The first-order valence-corrected chi connectivity index (χ1v) is 19.2. The van der Waals surface area contributed by atoms with E-state index in [0.717, 1.165) is 57.2 Å². The quantitative estimate of drug-likeness (QED) is 0.223. The number of benzene rings is 2. The van der Waals surface area contributed by atoms with Crippen LogP contribution in [0.3, 0.4) is 0 Å². The van der Waals surface area contributed by atoms with E-state index in [0.29, 0.717) is 17.1 Å². The first kappa shape index (κ1) is 36.7. The molecule has 0 radical (unpaired) electrons. The van der Waals surface area contributed by atoms with Crippen molar-refractivity contribution in [2.75, 3.05) is 30.2 Å². The predicted octanol–water partition coefficient (Wildman–Crippen LogP) is 5.54. The van der Waals surface area contributed by atoms with Crippen molar-refractivity contribution in [1.82, 2.24) is 20.2 Å². The van der Waals surface area contributed by atoms with Gasteiger partial charge in [-0.2, -0.15) is 0 Å². The fraction of sp³-hybridized carbons (Fsp3) is 0.447. The molecule has 50 heavy (non-hydrogen) atoms. The molecule has 1 unspecified atom stereocenters. The molecule has 0 aliphatic heterocycles. The Kier molecular flexibility index (Phi) is 12.4. The van der Waals surface area contributed by atoms with Crippen molar-refractivity contribution in [2.45, 2.75) is 64.8 Å². The fourth-order valence-electron chi connectivity index (χ4n) is 7.10. The normalized spacial score (nSPS) is 19.2. The summed E-state index contributed by atoms with van der Waals surface area (Å²) in [6, 6.07) is 15.4. The molecule has 2 aliphatic rings. The number of amides is 2. The average Bonchev–Trinajstić information content (AvgIpc) is 3.13. The van der Waals surface area contributed by atoms with Gasteiger partial charge in [0, 0.05) is 30.1 Å². The molecule has 1 fully saturated rings. The lowest BCUT2D eigenvalue weighted by Gasteiger charge is -2.35. The van der Waals surface area contributed by atoms with Gasteiger partial charge in [-0.3, -0.25) is 18.7 Å². The van der Waals surface area contributed by atoms with Crippen LogP contribution in [0.2, 0.25) is 0 Å². The van der Waals surface area contributed by atoms with Crippen molar-refractivity contribution in [3.8, 4) is 11.4 Å². The number of carbonyl (C=O) groups is 3. The van der Waals surface area contributed by atoms with Gasteiger partial charge in [-0.15, -0.1) is 0 Å². The number of allylic oxidation sites excluding steroid dienone is 2. The molecule has 266 valence electrons. The number of carboxylic acids is 1. The molecule has 2 aliphatic carbocycles. The highest BCUT2D eigenvalue weighted by atomic mass is 32.2. The van der Waals surface area contributed by atoms with Gasteiger partial charge in [0.25, 0.3) is 0 Å². The van der Waals surface area contributed by atoms with Crippen molar-refractivity contribution >= 4 is 39.1 Å². The van der Waals surface area contributed by atoms with E-state index in [2.05, 4.69) is 28.3 Å². The van der Waals surface area contributed by atoms with Crippen LogP contribution in [-0.4, -0.2) is 72.1 Å². The molecular weight excluding hydrogens is 655 g/mol. The molecule has 1 heterocycles. The van der Waals surface area contributed by atoms with Crippen LogP contribution in [0.5, 0.6) is 0 Å². The number of aromatic nitrogens is 2. The van der Waals surface area contributed by atoms with Crippen LogP contribution in [0, 0.1) is 17.8 Å². The van der Waals surface area contributed by atoms with E-state index in [9.17, 15) is 27.9 Å². The lowest BCUT2D eigenvalue weighted by atomic mass is 9.71. The predicted molar refractivity (Wildman–Crippen MR) is 193 cm³/mol. The van der Waals surface area contributed by atoms with Gasteiger partial charge >= 0.3 is 5.97 Å². The summed E-state index contributed by atoms with van der Waals surface area (Å²) < 4.78 is 25.5. The van der Waals surface area contributed by atoms with Crippen LogP contribution in [0.25, 0.3) is 17.0 Å². The van der Waals surface area contributed by atoms with Gasteiger partial charge in [0.05, 0.1) is 18.5 Å². The zero-order chi connectivity index (χ0) is 35.7. The highest BCUT2D eigenvalue weighted by Gasteiger charge is 2.28. The number of sulfonamides is 1. The first-order chi connectivity index (χ1) is 24.0. The molecule has 2 N–H and O–H groups in total. The van der Waals surface area contributed by atoms with E-state index < -0.39 is 47.4 Å². The minimum atomic E-state index is -3.78. The van der Waals surface area contributed by atoms with Crippen LogP contribution >= 0.6 is 0 Å². The second-order valence-electron chi connectivity index (χ2n) is 13.5. The number of hydrogen-bond donors (Lipinski definition) is 2. The van der Waals surface area contributed by atoms with Gasteiger partial charge in [-0.25, -0.2) is 18.4 Å². The van der Waals surface area contributed by atoms with Crippen LogP contribution in [0.4, 0.5) is 5.69 Å². The van der Waals surface area contributed by atoms with Gasteiger partial charge in [0.1, 0.15) is 13.1 Å². The summed E-state index contributed by atoms with van der Waals surface area (Å²) in [6.45, 7) is 0.714. The molecule has 12 heteroatoms. The van der Waals surface area contributed by atoms with Crippen molar-refractivity contribution < 1.29 is 27.9 Å². The Morgan fingerprint density at radius 2 is 1.56 bits per heavy atom. The monoisotopic (exact) mass is 701 g/mol. The number of nitrogens with one attached hydrogen (secondary N) is 1. The molecule has 2 aromatic carbocycles. The van der Waals surface area contributed by atoms with Crippen molar-refractivity contribution in [1.29, 1.82) is 0 Å². The second kappa shape index (κ2) is 16.9. The number of rotatable bonds is 14. The number of carboxylic acid groups (broad SMARTS) is 1. The Labute approximate surface area is 294 Å². The summed E-state index contributed by atoms with van der Waals surface area (Å²) in [5, 5.41) is 11.9. The number of aliphatic carboxylic acids is 1. The average molecular weight is 702 g/mol. The summed E-state index contributed by atoms with van der Waals surface area (Å²) in [5.74, 6) is 0.608. The van der Waals surface area contributed by atoms with Crippen molar-refractivity contribution in [3.05, 3.63) is 84.2 Å². The van der Waals surface area contributed by atoms with E-state index in [1.54, 1.807) is 42.5 Å². The molecule has 0 saturated heterocycles. The SMILES string of the molecule is CC[C@H]1CC[C@H](C2CC=C(c3cnc(-c4ccc(CN(CC(=O)O)C(=O)CNC(=O)CN(c5ccccc5)S(C)(=O)=O)cc4)nc3)CC2)CC1. The lowest BCUT2D eigenvalue weighted by Crippen LogP contribution is -2.45. The van der Waals surface area contributed by atoms with Gasteiger partial charge in [-0.1, -0.05) is 74.7 Å². The number of para-hydroxylation sites is 1. The zero-order valence-corrected chi connectivity index (χ0v) is 29.6. The Morgan fingerprint density at radius 1 is 0.880 bits per heavy atom. The molecule has 1 atom stereocenters. The Morgan fingerprint density at radius 3 is 2.14 bits per heavy atom. The minimum Gasteiger partial charge on any atom is -0.480 e. The molecule has 11 nitrogen and oxygen atoms in total. The van der Waals surface area contributed by atoms with Gasteiger partial charge in [-0.05, 0) is 73.1 Å². The Hall–Kier alpha value is -4.58. The van der Waals surface area contributed by atoms with Crippen LogP contribution in [0.15, 0.2) is 73.1 Å². The molecule has 5 rings (SSSR count). The van der Waals surface area contributed by atoms with Crippen LogP contribution in [0.1, 0.15) is 69.4 Å². The highest BCUT2D eigenvalue weighted by molar-refractivity contribution is 7.92. The largest absolute Gasteiger partial charge is 0.480 e. The Bertz CT molecular complexity index is 1760. The standard InChI is InChI=1S/C38H47N5O6S/c1-3-27-9-13-29(14-10-27)30-17-19-31(20-18-30)33-21-40-38(41-22-33)32-15-11-28(12-16-32)24-42(26-37(46)47)36(45)23-39-35(44)25-43(50(2,48)49)34-7-5-4-6-8-34/h4-8,11-12,15-16,19,21-22,27,29-30H,3,9-10,13-14,17-18,20,23-26H2,1-2H3,(H,39,44)(H,46,47)/t27-,29-,30?. The zero-order valence-electron chi connectivity index (χ0n) is 28.8. The highest BCUT2D eigenvalue weighted by Crippen LogP contribution is 2.41. The molecule has 3 aromatic rings. The maximum Gasteiger partial charge on any atom is 0.323 e. The summed E-state index contributed by atoms with van der Waals surface area (Å²) >= 11 is 0. The van der Waals surface area contributed by atoms with Crippen molar-refractivity contribution in [2.24, 2.45) is 17.8 Å². The summed E-state index contributed by atoms with van der Waals surface area (Å²) in [5.41, 5.74) is 4.15. The van der Waals surface area contributed by atoms with E-state index >= 15 is 0 Å². The number of carbonyl (C=O) groups excluding carboxylic acids is 2. The number of hydrogen-bond acceptors (Lipinski definition) is 7. The molecule has 1 saturated carbocycles. The third-order valence-electron chi connectivity index (χ3n) is 10.0. The van der Waals surface area contributed by atoms with Crippen LogP contribution < -0.4 is 9.62 Å². The lowest BCUT2D eigenvalue weighted by molar-refractivity contribution is -0.144. The van der Waals surface area contributed by atoms with Crippen LogP contribution in [-0.2, 0) is 31.0 Å². The summed E-state index contributed by atoms with van der Waals surface area (Å²) in [6.07, 6.45) is 17.4. The topological polar surface area (TPSA) is 150 Å². The molecule has 2 amide bonds.